The van der Waals surface area contributed by atoms with E-state index in [0.29, 0.717) is 18.6 Å². The van der Waals surface area contributed by atoms with E-state index < -0.39 is 0 Å². The predicted molar refractivity (Wildman–Crippen MR) is 122 cm³/mol. The highest BCUT2D eigenvalue weighted by molar-refractivity contribution is 5.93. The van der Waals surface area contributed by atoms with Crippen LogP contribution in [0.1, 0.15) is 51.2 Å². The summed E-state index contributed by atoms with van der Waals surface area (Å²) in [4.78, 5) is 32.3. The minimum atomic E-state index is -0.0985. The number of nitrogens with zero attached hydrogens (tertiary/aromatic N) is 3. The number of benzene rings is 1. The number of carbonyl (C=O) groups is 2. The SMILES string of the molecule is Cc1cccc(C)c1NC(=O)CN1CCN([C@H](C)C(=O)N2[C@@H](C)CCC[C@@H]2C)CC1. The van der Waals surface area contributed by atoms with E-state index in [9.17, 15) is 9.59 Å². The van der Waals surface area contributed by atoms with Crippen molar-refractivity contribution in [2.24, 2.45) is 0 Å². The number of carbonyl (C=O) groups excluding carboxylic acids is 2. The number of hydrogen-bond acceptors (Lipinski definition) is 4. The lowest BCUT2D eigenvalue weighted by Crippen LogP contribution is -2.58. The minimum absolute atomic E-state index is 0.0286. The van der Waals surface area contributed by atoms with Gasteiger partial charge in [0, 0.05) is 44.0 Å². The molecule has 2 fully saturated rings. The molecule has 2 aliphatic rings. The predicted octanol–water partition coefficient (Wildman–Crippen LogP) is 3.04. The Hall–Kier alpha value is -1.92. The van der Waals surface area contributed by atoms with Gasteiger partial charge in [-0.3, -0.25) is 19.4 Å². The lowest BCUT2D eigenvalue weighted by atomic mass is 9.96. The Balaban J connectivity index is 1.49. The van der Waals surface area contributed by atoms with Crippen LogP contribution in [0.4, 0.5) is 5.69 Å². The van der Waals surface area contributed by atoms with Crippen LogP contribution in [0.15, 0.2) is 18.2 Å². The summed E-state index contributed by atoms with van der Waals surface area (Å²) in [6, 6.07) is 6.61. The van der Waals surface area contributed by atoms with E-state index in [0.717, 1.165) is 55.8 Å². The Labute approximate surface area is 181 Å². The molecule has 166 valence electrons. The molecule has 2 amide bonds. The van der Waals surface area contributed by atoms with E-state index in [-0.39, 0.29) is 17.9 Å². The summed E-state index contributed by atoms with van der Waals surface area (Å²) in [5.41, 5.74) is 3.09. The number of hydrogen-bond donors (Lipinski definition) is 1. The Bertz CT molecular complexity index is 727. The van der Waals surface area contributed by atoms with Gasteiger partial charge in [0.25, 0.3) is 0 Å². The molecule has 1 aromatic rings. The van der Waals surface area contributed by atoms with Gasteiger partial charge < -0.3 is 10.2 Å². The van der Waals surface area contributed by atoms with Crippen LogP contribution < -0.4 is 5.32 Å². The van der Waals surface area contributed by atoms with Crippen molar-refractivity contribution in [3.05, 3.63) is 29.3 Å². The zero-order valence-electron chi connectivity index (χ0n) is 19.3. The van der Waals surface area contributed by atoms with E-state index in [2.05, 4.69) is 33.9 Å². The Morgan fingerprint density at radius 2 is 1.60 bits per heavy atom. The van der Waals surface area contributed by atoms with Crippen molar-refractivity contribution < 1.29 is 9.59 Å². The molecule has 3 atom stereocenters. The fourth-order valence-corrected chi connectivity index (χ4v) is 4.93. The van der Waals surface area contributed by atoms with Crippen LogP contribution in [0.2, 0.25) is 0 Å². The molecule has 0 radical (unpaired) electrons. The zero-order valence-corrected chi connectivity index (χ0v) is 19.3. The van der Waals surface area contributed by atoms with Crippen molar-refractivity contribution in [2.45, 2.75) is 72.0 Å². The molecule has 30 heavy (non-hydrogen) atoms. The van der Waals surface area contributed by atoms with Gasteiger partial charge in [-0.25, -0.2) is 0 Å². The molecule has 3 rings (SSSR count). The van der Waals surface area contributed by atoms with Gasteiger partial charge in [0.15, 0.2) is 0 Å². The summed E-state index contributed by atoms with van der Waals surface area (Å²) in [6.07, 6.45) is 3.42. The number of piperazine rings is 1. The molecule has 1 aromatic carbocycles. The third kappa shape index (κ3) is 5.22. The number of rotatable bonds is 5. The second-order valence-corrected chi connectivity index (χ2v) is 9.18. The molecule has 0 aliphatic carbocycles. The van der Waals surface area contributed by atoms with Crippen LogP contribution in [0.3, 0.4) is 0 Å². The van der Waals surface area contributed by atoms with Crippen LogP contribution in [0.5, 0.6) is 0 Å². The Kier molecular flexibility index (Phi) is 7.53. The normalized spacial score (nSPS) is 24.5. The highest BCUT2D eigenvalue weighted by atomic mass is 16.2. The molecule has 2 saturated heterocycles. The maximum absolute atomic E-state index is 13.2. The lowest BCUT2D eigenvalue weighted by Gasteiger charge is -2.44. The van der Waals surface area contributed by atoms with Crippen LogP contribution in [0, 0.1) is 13.8 Å². The van der Waals surface area contributed by atoms with Crippen LogP contribution in [0.25, 0.3) is 0 Å². The van der Waals surface area contributed by atoms with Crippen LogP contribution >= 0.6 is 0 Å². The number of aryl methyl sites for hydroxylation is 2. The van der Waals surface area contributed by atoms with Crippen molar-refractivity contribution in [3.63, 3.8) is 0 Å². The van der Waals surface area contributed by atoms with Gasteiger partial charge >= 0.3 is 0 Å². The fraction of sp³-hybridized carbons (Fsp3) is 0.667. The number of anilines is 1. The summed E-state index contributed by atoms with van der Waals surface area (Å²) in [5, 5.41) is 3.08. The van der Waals surface area contributed by atoms with E-state index in [1.807, 2.05) is 39.0 Å². The summed E-state index contributed by atoms with van der Waals surface area (Å²) < 4.78 is 0. The second kappa shape index (κ2) is 9.92. The first kappa shape index (κ1) is 22.8. The van der Waals surface area contributed by atoms with Gasteiger partial charge in [-0.2, -0.15) is 0 Å². The van der Waals surface area contributed by atoms with Crippen molar-refractivity contribution in [2.75, 3.05) is 38.0 Å². The van der Waals surface area contributed by atoms with Gasteiger partial charge in [-0.15, -0.1) is 0 Å². The largest absolute Gasteiger partial charge is 0.336 e. The number of amides is 2. The van der Waals surface area contributed by atoms with E-state index in [4.69, 9.17) is 0 Å². The second-order valence-electron chi connectivity index (χ2n) is 9.18. The van der Waals surface area contributed by atoms with Crippen LogP contribution in [-0.2, 0) is 9.59 Å². The topological polar surface area (TPSA) is 55.9 Å². The highest BCUT2D eigenvalue weighted by Crippen LogP contribution is 2.24. The third-order valence-corrected chi connectivity index (χ3v) is 6.87. The average Bonchev–Trinajstić information content (AvgIpc) is 2.70. The molecule has 0 aromatic heterocycles. The van der Waals surface area contributed by atoms with Gasteiger partial charge in [0.2, 0.25) is 11.8 Å². The first-order chi connectivity index (χ1) is 14.3. The van der Waals surface area contributed by atoms with Crippen molar-refractivity contribution in [1.29, 1.82) is 0 Å². The lowest BCUT2D eigenvalue weighted by molar-refractivity contribution is -0.143. The van der Waals surface area contributed by atoms with Crippen molar-refractivity contribution >= 4 is 17.5 Å². The van der Waals surface area contributed by atoms with Gasteiger partial charge in [-0.1, -0.05) is 18.2 Å². The first-order valence-electron chi connectivity index (χ1n) is 11.4. The zero-order chi connectivity index (χ0) is 21.8. The Morgan fingerprint density at radius 3 is 2.17 bits per heavy atom. The fourth-order valence-electron chi connectivity index (χ4n) is 4.93. The monoisotopic (exact) mass is 414 g/mol. The maximum Gasteiger partial charge on any atom is 0.240 e. The Morgan fingerprint density at radius 1 is 1.03 bits per heavy atom. The molecule has 0 bridgehead atoms. The van der Waals surface area contributed by atoms with Crippen molar-refractivity contribution in [3.8, 4) is 0 Å². The van der Waals surface area contributed by atoms with Gasteiger partial charge in [0.1, 0.15) is 0 Å². The number of nitrogens with one attached hydrogen (secondary N) is 1. The first-order valence-corrected chi connectivity index (χ1v) is 11.4. The number of piperidine rings is 1. The number of para-hydroxylation sites is 1. The van der Waals surface area contributed by atoms with Gasteiger partial charge in [-0.05, 0) is 65.0 Å². The molecular formula is C24H38N4O2. The molecule has 2 heterocycles. The summed E-state index contributed by atoms with van der Waals surface area (Å²) in [5.74, 6) is 0.289. The third-order valence-electron chi connectivity index (χ3n) is 6.87. The molecular weight excluding hydrogens is 376 g/mol. The maximum atomic E-state index is 13.2. The molecule has 1 N–H and O–H groups in total. The molecule has 0 saturated carbocycles. The standard InChI is InChI=1S/C24H38N4O2/c1-17-8-6-9-18(2)23(17)25-22(29)16-26-12-14-27(15-13-26)21(5)24(30)28-19(3)10-7-11-20(28)4/h6,8-9,19-21H,7,10-16H2,1-5H3,(H,25,29)/t19-,20-,21+/m0/s1. The highest BCUT2D eigenvalue weighted by Gasteiger charge is 2.35. The summed E-state index contributed by atoms with van der Waals surface area (Å²) in [6.45, 7) is 14.1. The molecule has 0 unspecified atom stereocenters. The molecule has 0 spiro atoms. The minimum Gasteiger partial charge on any atom is -0.336 e. The average molecular weight is 415 g/mol. The van der Waals surface area contributed by atoms with E-state index in [1.54, 1.807) is 0 Å². The van der Waals surface area contributed by atoms with Crippen LogP contribution in [-0.4, -0.2) is 77.4 Å². The quantitative estimate of drug-likeness (QED) is 0.805. The van der Waals surface area contributed by atoms with Gasteiger partial charge in [0.05, 0.1) is 12.6 Å². The summed E-state index contributed by atoms with van der Waals surface area (Å²) >= 11 is 0. The number of likely N-dealkylation sites (tertiary alicyclic amines) is 1. The molecule has 6 heteroatoms. The molecule has 2 aliphatic heterocycles. The van der Waals surface area contributed by atoms with E-state index >= 15 is 0 Å². The van der Waals surface area contributed by atoms with E-state index in [1.165, 1.54) is 6.42 Å². The smallest absolute Gasteiger partial charge is 0.240 e. The summed E-state index contributed by atoms with van der Waals surface area (Å²) in [7, 11) is 0. The van der Waals surface area contributed by atoms with Crippen molar-refractivity contribution in [1.82, 2.24) is 14.7 Å². The molecule has 6 nitrogen and oxygen atoms in total.